The lowest BCUT2D eigenvalue weighted by Gasteiger charge is -2.08. The third kappa shape index (κ3) is 2.89. The summed E-state index contributed by atoms with van der Waals surface area (Å²) in [5, 5.41) is 2.33. The fraction of sp³-hybridized carbons (Fsp3) is 0.136. The van der Waals surface area contributed by atoms with Crippen molar-refractivity contribution in [3.63, 3.8) is 0 Å². The molecule has 0 saturated carbocycles. The second-order valence-electron chi connectivity index (χ2n) is 6.42. The van der Waals surface area contributed by atoms with Crippen LogP contribution in [0.25, 0.3) is 21.8 Å². The van der Waals surface area contributed by atoms with Crippen LogP contribution >= 0.6 is 0 Å². The quantitative estimate of drug-likeness (QED) is 0.420. The lowest BCUT2D eigenvalue weighted by Crippen LogP contribution is -2.11. The van der Waals surface area contributed by atoms with E-state index < -0.39 is 0 Å². The highest BCUT2D eigenvalue weighted by Gasteiger charge is 2.13. The Morgan fingerprint density at radius 1 is 0.960 bits per heavy atom. The molecule has 0 amide bonds. The topological polar surface area (TPSA) is 42.1 Å². The van der Waals surface area contributed by atoms with E-state index in [2.05, 4.69) is 30.1 Å². The second kappa shape index (κ2) is 6.10. The lowest BCUT2D eigenvalue weighted by atomic mass is 10.1. The maximum absolute atomic E-state index is 12.3. The van der Waals surface area contributed by atoms with Gasteiger partial charge in [0.05, 0.1) is 11.9 Å². The number of aromatic nitrogens is 1. The molecular formula is C22H19NO2. The third-order valence-electron chi connectivity index (χ3n) is 4.56. The van der Waals surface area contributed by atoms with Crippen LogP contribution in [0, 0.1) is 13.8 Å². The molecule has 3 nitrogen and oxygen atoms in total. The van der Waals surface area contributed by atoms with Crippen LogP contribution in [0.3, 0.4) is 0 Å². The Kier molecular flexibility index (Phi) is 3.77. The molecule has 1 aromatic heterocycles. The van der Waals surface area contributed by atoms with Crippen molar-refractivity contribution in [2.45, 2.75) is 20.3 Å². The summed E-state index contributed by atoms with van der Waals surface area (Å²) in [7, 11) is 0. The Balaban J connectivity index is 1.67. The zero-order valence-electron chi connectivity index (χ0n) is 14.3. The first-order valence-electron chi connectivity index (χ1n) is 8.38. The van der Waals surface area contributed by atoms with Gasteiger partial charge in [0.25, 0.3) is 0 Å². The van der Waals surface area contributed by atoms with Crippen LogP contribution in [0.1, 0.15) is 16.7 Å². The molecule has 0 aliphatic rings. The lowest BCUT2D eigenvalue weighted by molar-refractivity contribution is -0.133. The van der Waals surface area contributed by atoms with Crippen molar-refractivity contribution in [2.24, 2.45) is 0 Å². The molecule has 124 valence electrons. The van der Waals surface area contributed by atoms with E-state index >= 15 is 0 Å². The number of esters is 1. The zero-order valence-corrected chi connectivity index (χ0v) is 14.3. The molecular weight excluding hydrogens is 310 g/mol. The molecule has 25 heavy (non-hydrogen) atoms. The van der Waals surface area contributed by atoms with E-state index in [0.717, 1.165) is 27.5 Å². The Morgan fingerprint density at radius 2 is 1.72 bits per heavy atom. The summed E-state index contributed by atoms with van der Waals surface area (Å²) in [5.74, 6) is 0.359. The number of carbonyl (C=O) groups is 1. The summed E-state index contributed by atoms with van der Waals surface area (Å²) in [5.41, 5.74) is 5.24. The maximum Gasteiger partial charge on any atom is 0.315 e. The predicted molar refractivity (Wildman–Crippen MR) is 101 cm³/mol. The van der Waals surface area contributed by atoms with Gasteiger partial charge in [0.2, 0.25) is 0 Å². The molecule has 3 heteroatoms. The summed E-state index contributed by atoms with van der Waals surface area (Å²) >= 11 is 0. The third-order valence-corrected chi connectivity index (χ3v) is 4.56. The van der Waals surface area contributed by atoms with Gasteiger partial charge in [-0.15, -0.1) is 0 Å². The number of fused-ring (bicyclic) bond motifs is 3. The minimum atomic E-state index is -0.249. The second-order valence-corrected chi connectivity index (χ2v) is 6.42. The average Bonchev–Trinajstić information content (AvgIpc) is 2.96. The fourth-order valence-electron chi connectivity index (χ4n) is 3.24. The van der Waals surface area contributed by atoms with Gasteiger partial charge in [0.1, 0.15) is 5.75 Å². The van der Waals surface area contributed by atoms with E-state index in [1.807, 2.05) is 49.4 Å². The van der Waals surface area contributed by atoms with Gasteiger partial charge in [-0.2, -0.15) is 0 Å². The van der Waals surface area contributed by atoms with Crippen LogP contribution in [-0.4, -0.2) is 11.0 Å². The van der Waals surface area contributed by atoms with Gasteiger partial charge in [-0.3, -0.25) is 4.79 Å². The summed E-state index contributed by atoms with van der Waals surface area (Å²) < 4.78 is 5.62. The van der Waals surface area contributed by atoms with Gasteiger partial charge in [-0.25, -0.2) is 0 Å². The highest BCUT2D eigenvalue weighted by atomic mass is 16.5. The van der Waals surface area contributed by atoms with Crippen molar-refractivity contribution in [1.82, 2.24) is 4.98 Å². The molecule has 3 aromatic carbocycles. The average molecular weight is 329 g/mol. The molecule has 1 heterocycles. The Morgan fingerprint density at radius 3 is 2.52 bits per heavy atom. The monoisotopic (exact) mass is 329 g/mol. The highest BCUT2D eigenvalue weighted by molar-refractivity contribution is 6.09. The SMILES string of the molecule is Cc1ccc2c(c1)[nH]c1c(C)c(OC(=O)Cc3ccccc3)ccc12. The number of H-pyrrole nitrogens is 1. The summed E-state index contributed by atoms with van der Waals surface area (Å²) in [6.45, 7) is 4.06. The van der Waals surface area contributed by atoms with Crippen molar-refractivity contribution in [2.75, 3.05) is 0 Å². The minimum absolute atomic E-state index is 0.249. The van der Waals surface area contributed by atoms with Gasteiger partial charge >= 0.3 is 5.97 Å². The molecule has 0 radical (unpaired) electrons. The van der Waals surface area contributed by atoms with Crippen molar-refractivity contribution in [1.29, 1.82) is 0 Å². The highest BCUT2D eigenvalue weighted by Crippen LogP contribution is 2.32. The first kappa shape index (κ1) is 15.5. The summed E-state index contributed by atoms with van der Waals surface area (Å²) in [6.07, 6.45) is 0.268. The molecule has 1 N–H and O–H groups in total. The van der Waals surface area contributed by atoms with Gasteiger partial charge in [-0.05, 0) is 43.2 Å². The largest absolute Gasteiger partial charge is 0.426 e. The molecule has 0 aliphatic carbocycles. The molecule has 0 aliphatic heterocycles. The number of hydrogen-bond donors (Lipinski definition) is 1. The number of carbonyl (C=O) groups excluding carboxylic acids is 1. The summed E-state index contributed by atoms with van der Waals surface area (Å²) in [6, 6.07) is 19.9. The van der Waals surface area contributed by atoms with Gasteiger partial charge in [0, 0.05) is 21.9 Å². The molecule has 0 bridgehead atoms. The van der Waals surface area contributed by atoms with Crippen molar-refractivity contribution in [3.8, 4) is 5.75 Å². The maximum atomic E-state index is 12.3. The van der Waals surface area contributed by atoms with Crippen LogP contribution in [0.2, 0.25) is 0 Å². The number of nitrogens with one attached hydrogen (secondary N) is 1. The van der Waals surface area contributed by atoms with Crippen molar-refractivity contribution in [3.05, 3.63) is 77.4 Å². The van der Waals surface area contributed by atoms with E-state index in [0.29, 0.717) is 5.75 Å². The zero-order chi connectivity index (χ0) is 17.4. The molecule has 4 rings (SSSR count). The Labute approximate surface area is 146 Å². The van der Waals surface area contributed by atoms with Crippen LogP contribution in [0.5, 0.6) is 5.75 Å². The predicted octanol–water partition coefficient (Wildman–Crippen LogP) is 5.09. The van der Waals surface area contributed by atoms with E-state index in [-0.39, 0.29) is 12.4 Å². The molecule has 0 spiro atoms. The van der Waals surface area contributed by atoms with Crippen molar-refractivity contribution >= 4 is 27.8 Å². The van der Waals surface area contributed by atoms with Gasteiger partial charge in [-0.1, -0.05) is 42.5 Å². The molecule has 0 unspecified atom stereocenters. The van der Waals surface area contributed by atoms with Crippen LogP contribution < -0.4 is 4.74 Å². The van der Waals surface area contributed by atoms with Crippen LogP contribution in [0.4, 0.5) is 0 Å². The Bertz CT molecular complexity index is 1080. The molecule has 0 saturated heterocycles. The first-order chi connectivity index (χ1) is 12.1. The molecule has 0 atom stereocenters. The number of benzene rings is 3. The van der Waals surface area contributed by atoms with Gasteiger partial charge in [0.15, 0.2) is 0 Å². The Hall–Kier alpha value is -3.07. The molecule has 0 fully saturated rings. The normalized spacial score (nSPS) is 11.1. The smallest absolute Gasteiger partial charge is 0.315 e. The summed E-state index contributed by atoms with van der Waals surface area (Å²) in [4.78, 5) is 15.7. The first-order valence-corrected chi connectivity index (χ1v) is 8.38. The number of hydrogen-bond acceptors (Lipinski definition) is 2. The van der Waals surface area contributed by atoms with E-state index in [1.54, 1.807) is 0 Å². The van der Waals surface area contributed by atoms with E-state index in [9.17, 15) is 4.79 Å². The number of aryl methyl sites for hydroxylation is 2. The van der Waals surface area contributed by atoms with E-state index in [1.165, 1.54) is 10.9 Å². The fourth-order valence-corrected chi connectivity index (χ4v) is 3.24. The standard InChI is InChI=1S/C22H19NO2/c1-14-8-9-17-18-10-11-20(15(2)22(18)23-19(17)12-14)25-21(24)13-16-6-4-3-5-7-16/h3-12,23H,13H2,1-2H3. The number of aromatic amines is 1. The number of rotatable bonds is 3. The number of ether oxygens (including phenoxy) is 1. The van der Waals surface area contributed by atoms with Crippen LogP contribution in [-0.2, 0) is 11.2 Å². The van der Waals surface area contributed by atoms with E-state index in [4.69, 9.17) is 4.74 Å². The minimum Gasteiger partial charge on any atom is -0.426 e. The molecule has 4 aromatic rings. The van der Waals surface area contributed by atoms with Gasteiger partial charge < -0.3 is 9.72 Å². The van der Waals surface area contributed by atoms with Crippen LogP contribution in [0.15, 0.2) is 60.7 Å². The van der Waals surface area contributed by atoms with Crippen molar-refractivity contribution < 1.29 is 9.53 Å².